The summed E-state index contributed by atoms with van der Waals surface area (Å²) in [7, 11) is 0. The summed E-state index contributed by atoms with van der Waals surface area (Å²) >= 11 is 0. The molecule has 3 aromatic rings. The van der Waals surface area contributed by atoms with Gasteiger partial charge in [-0.1, -0.05) is 12.1 Å². The van der Waals surface area contributed by atoms with Crippen LogP contribution in [0.15, 0.2) is 24.3 Å². The summed E-state index contributed by atoms with van der Waals surface area (Å²) in [6.07, 6.45) is 0.0802. The Kier molecular flexibility index (Phi) is 7.56. The van der Waals surface area contributed by atoms with E-state index in [0.717, 1.165) is 34.2 Å². The molecule has 0 spiro atoms. The van der Waals surface area contributed by atoms with Gasteiger partial charge in [-0.3, -0.25) is 4.79 Å². The average Bonchev–Trinajstić information content (AvgIpc) is 2.92. The number of phenolic OH excluding ortho intramolecular Hbond substituents is 1. The molecule has 0 aromatic heterocycles. The second-order valence-corrected chi connectivity index (χ2v) is 12.3. The molecule has 2 aliphatic heterocycles. The summed E-state index contributed by atoms with van der Waals surface area (Å²) < 4.78 is 27.4. The number of ether oxygens (including phenoxy) is 2. The summed E-state index contributed by atoms with van der Waals surface area (Å²) in [6, 6.07) is 6.72. The number of aryl methyl sites for hydroxylation is 1. The number of hydrogen-bond acceptors (Lipinski definition) is 5. The van der Waals surface area contributed by atoms with Crippen molar-refractivity contribution in [2.24, 2.45) is 0 Å². The Morgan fingerprint density at radius 1 is 1.07 bits per heavy atom. The lowest BCUT2D eigenvalue weighted by atomic mass is 9.78. The van der Waals surface area contributed by atoms with Gasteiger partial charge in [0.2, 0.25) is 5.91 Å². The van der Waals surface area contributed by atoms with Gasteiger partial charge < -0.3 is 24.6 Å². The lowest BCUT2D eigenvalue weighted by Gasteiger charge is -2.36. The van der Waals surface area contributed by atoms with Crippen LogP contribution in [0.5, 0.6) is 11.5 Å². The Labute approximate surface area is 245 Å². The van der Waals surface area contributed by atoms with Crippen molar-refractivity contribution in [2.45, 2.75) is 86.0 Å². The van der Waals surface area contributed by atoms with E-state index in [2.05, 4.69) is 0 Å². The molecule has 8 heteroatoms. The van der Waals surface area contributed by atoms with Crippen LogP contribution in [0.25, 0.3) is 11.1 Å². The number of aliphatic carboxylic acids is 1. The quantitative estimate of drug-likeness (QED) is 0.348. The van der Waals surface area contributed by atoms with Gasteiger partial charge in [0.15, 0.2) is 17.7 Å². The number of carboxylic acids is 1. The number of carbonyl (C=O) groups excluding carboxylic acids is 1. The lowest BCUT2D eigenvalue weighted by Crippen LogP contribution is -2.38. The van der Waals surface area contributed by atoms with E-state index in [4.69, 9.17) is 9.47 Å². The predicted molar refractivity (Wildman–Crippen MR) is 159 cm³/mol. The SMILES string of the molecule is Cc1cccc(N2Cc3c(C)c(-c4cc(F)c5c(c4C)CCCO5)c([C@H](OC(C)(C)C)C(=O)O)c(C)c3CC2=O)c1O. The zero-order valence-electron chi connectivity index (χ0n) is 25.3. The molecule has 0 radical (unpaired) electrons. The van der Waals surface area contributed by atoms with E-state index in [-0.39, 0.29) is 30.4 Å². The van der Waals surface area contributed by atoms with E-state index in [0.29, 0.717) is 46.5 Å². The third-order valence-electron chi connectivity index (χ3n) is 8.43. The average molecular weight is 576 g/mol. The Morgan fingerprint density at radius 3 is 2.45 bits per heavy atom. The van der Waals surface area contributed by atoms with Crippen LogP contribution in [0.1, 0.15) is 77.8 Å². The number of hydrogen-bond donors (Lipinski definition) is 2. The van der Waals surface area contributed by atoms with Crippen LogP contribution in [-0.4, -0.2) is 34.3 Å². The van der Waals surface area contributed by atoms with E-state index in [9.17, 15) is 19.8 Å². The highest BCUT2D eigenvalue weighted by Crippen LogP contribution is 2.47. The second kappa shape index (κ2) is 10.7. The first kappa shape index (κ1) is 29.6. The van der Waals surface area contributed by atoms with Crippen LogP contribution in [0.3, 0.4) is 0 Å². The zero-order valence-corrected chi connectivity index (χ0v) is 25.3. The number of nitrogens with zero attached hydrogens (tertiary/aromatic N) is 1. The van der Waals surface area contributed by atoms with Crippen molar-refractivity contribution in [2.75, 3.05) is 11.5 Å². The first-order chi connectivity index (χ1) is 19.7. The number of benzene rings is 3. The molecule has 222 valence electrons. The number of aromatic hydroxyl groups is 1. The molecule has 5 rings (SSSR count). The molecule has 3 aromatic carbocycles. The fraction of sp³-hybridized carbons (Fsp3) is 0.412. The van der Waals surface area contributed by atoms with Crippen molar-refractivity contribution >= 4 is 17.6 Å². The summed E-state index contributed by atoms with van der Waals surface area (Å²) in [6.45, 7) is 13.4. The van der Waals surface area contributed by atoms with Crippen LogP contribution in [0, 0.1) is 33.5 Å². The van der Waals surface area contributed by atoms with Gasteiger partial charge in [0, 0.05) is 11.1 Å². The summed E-state index contributed by atoms with van der Waals surface area (Å²) in [5.74, 6) is -1.57. The number of halogens is 1. The molecule has 0 fully saturated rings. The molecule has 2 N–H and O–H groups in total. The van der Waals surface area contributed by atoms with Gasteiger partial charge in [0.05, 0.1) is 30.9 Å². The molecule has 0 unspecified atom stereocenters. The smallest absolute Gasteiger partial charge is 0.337 e. The molecular formula is C34H38FNO6. The van der Waals surface area contributed by atoms with Gasteiger partial charge in [-0.05, 0) is 118 Å². The van der Waals surface area contributed by atoms with Crippen LogP contribution in [0.2, 0.25) is 0 Å². The number of carbonyl (C=O) groups is 2. The van der Waals surface area contributed by atoms with Crippen molar-refractivity contribution in [1.82, 2.24) is 0 Å². The summed E-state index contributed by atoms with van der Waals surface area (Å²) in [5.41, 5.74) is 6.46. The first-order valence-electron chi connectivity index (χ1n) is 14.3. The molecule has 0 bridgehead atoms. The highest BCUT2D eigenvalue weighted by Gasteiger charge is 2.37. The molecule has 42 heavy (non-hydrogen) atoms. The molecular weight excluding hydrogens is 537 g/mol. The normalized spacial score (nSPS) is 15.6. The van der Waals surface area contributed by atoms with Gasteiger partial charge in [0.1, 0.15) is 5.75 Å². The van der Waals surface area contributed by atoms with Gasteiger partial charge in [0.25, 0.3) is 0 Å². The Hall–Kier alpha value is -3.91. The first-order valence-corrected chi connectivity index (χ1v) is 14.3. The van der Waals surface area contributed by atoms with Crippen LogP contribution in [0.4, 0.5) is 10.1 Å². The highest BCUT2D eigenvalue weighted by atomic mass is 19.1. The predicted octanol–water partition coefficient (Wildman–Crippen LogP) is 6.79. The molecule has 0 aliphatic carbocycles. The van der Waals surface area contributed by atoms with Gasteiger partial charge in [-0.2, -0.15) is 0 Å². The number of fused-ring (bicyclic) bond motifs is 2. The molecule has 1 amide bonds. The number of phenols is 1. The number of rotatable bonds is 5. The second-order valence-electron chi connectivity index (χ2n) is 12.3. The van der Waals surface area contributed by atoms with E-state index in [1.807, 2.05) is 20.8 Å². The number of amides is 1. The van der Waals surface area contributed by atoms with Crippen LogP contribution in [-0.2, 0) is 33.7 Å². The number of anilines is 1. The van der Waals surface area contributed by atoms with Crippen molar-refractivity contribution in [3.8, 4) is 22.6 Å². The van der Waals surface area contributed by atoms with E-state index in [1.165, 1.54) is 6.07 Å². The Bertz CT molecular complexity index is 1620. The largest absolute Gasteiger partial charge is 0.505 e. The monoisotopic (exact) mass is 575 g/mol. The lowest BCUT2D eigenvalue weighted by molar-refractivity contribution is -0.160. The zero-order chi connectivity index (χ0) is 30.7. The van der Waals surface area contributed by atoms with Gasteiger partial charge in [-0.15, -0.1) is 0 Å². The standard InChI is InChI=1S/C34H38FNO6/c1-17-10-8-12-26(30(17)38)36-16-24-20(4)28(23-14-25(35)31-21(18(23)2)11-9-13-41-31)29(19(3)22(24)15-27(36)37)32(33(39)40)42-34(5,6)7/h8,10,12,14,32,38H,9,11,13,15-16H2,1-7H3,(H,39,40)/t32-/m0/s1. The fourth-order valence-corrected chi connectivity index (χ4v) is 6.36. The van der Waals surface area contributed by atoms with Crippen molar-refractivity contribution < 1.29 is 33.7 Å². The van der Waals surface area contributed by atoms with Gasteiger partial charge >= 0.3 is 5.97 Å². The topological polar surface area (TPSA) is 96.3 Å². The third-order valence-corrected chi connectivity index (χ3v) is 8.43. The molecule has 7 nitrogen and oxygen atoms in total. The molecule has 2 heterocycles. The summed E-state index contributed by atoms with van der Waals surface area (Å²) in [5, 5.41) is 21.3. The van der Waals surface area contributed by atoms with E-state index < -0.39 is 23.5 Å². The fourth-order valence-electron chi connectivity index (χ4n) is 6.36. The highest BCUT2D eigenvalue weighted by molar-refractivity contribution is 5.99. The van der Waals surface area contributed by atoms with Crippen molar-refractivity contribution in [3.05, 3.63) is 74.6 Å². The number of carboxylic acid groups (broad SMARTS) is 1. The molecule has 1 atom stereocenters. The molecule has 0 saturated heterocycles. The third kappa shape index (κ3) is 5.02. The van der Waals surface area contributed by atoms with Gasteiger partial charge in [-0.25, -0.2) is 9.18 Å². The summed E-state index contributed by atoms with van der Waals surface area (Å²) in [4.78, 5) is 27.9. The maximum atomic E-state index is 15.6. The maximum absolute atomic E-state index is 15.6. The minimum absolute atomic E-state index is 0.0237. The Morgan fingerprint density at radius 2 is 1.79 bits per heavy atom. The van der Waals surface area contributed by atoms with E-state index >= 15 is 4.39 Å². The minimum atomic E-state index is -1.35. The van der Waals surface area contributed by atoms with Crippen molar-refractivity contribution in [3.63, 3.8) is 0 Å². The number of para-hydroxylation sites is 1. The minimum Gasteiger partial charge on any atom is -0.505 e. The van der Waals surface area contributed by atoms with Crippen LogP contribution < -0.4 is 9.64 Å². The van der Waals surface area contributed by atoms with Crippen molar-refractivity contribution in [1.29, 1.82) is 0 Å². The molecule has 0 saturated carbocycles. The maximum Gasteiger partial charge on any atom is 0.337 e. The Balaban J connectivity index is 1.82. The van der Waals surface area contributed by atoms with E-state index in [1.54, 1.807) is 50.8 Å². The van der Waals surface area contributed by atoms with Crippen LogP contribution >= 0.6 is 0 Å². The molecule has 2 aliphatic rings.